The van der Waals surface area contributed by atoms with E-state index in [-0.39, 0.29) is 17.3 Å². The van der Waals surface area contributed by atoms with E-state index in [1.165, 1.54) is 24.4 Å². The minimum atomic E-state index is -4.43. The summed E-state index contributed by atoms with van der Waals surface area (Å²) < 4.78 is 37.0. The van der Waals surface area contributed by atoms with Crippen LogP contribution in [-0.4, -0.2) is 21.4 Å². The third kappa shape index (κ3) is 3.85. The van der Waals surface area contributed by atoms with Gasteiger partial charge in [-0.3, -0.25) is 5.43 Å². The molecule has 0 unspecified atom stereocenters. The number of pyridine rings is 1. The maximum Gasteiger partial charge on any atom is 0.417 e. The number of rotatable bonds is 3. The lowest BCUT2D eigenvalue weighted by Gasteiger charge is -2.06. The van der Waals surface area contributed by atoms with E-state index in [9.17, 15) is 18.3 Å². The summed E-state index contributed by atoms with van der Waals surface area (Å²) in [4.78, 5) is 3.57. The second kappa shape index (κ2) is 5.70. The van der Waals surface area contributed by atoms with Crippen molar-refractivity contribution in [2.45, 2.75) is 6.18 Å². The lowest BCUT2D eigenvalue weighted by molar-refractivity contribution is -0.137. The van der Waals surface area contributed by atoms with Crippen LogP contribution >= 0.6 is 0 Å². The van der Waals surface area contributed by atoms with Gasteiger partial charge in [-0.1, -0.05) is 0 Å². The smallest absolute Gasteiger partial charge is 0.417 e. The summed E-state index contributed by atoms with van der Waals surface area (Å²) >= 11 is 0. The molecule has 1 heterocycles. The second-order valence-electron chi connectivity index (χ2n) is 4.05. The van der Waals surface area contributed by atoms with Crippen molar-refractivity contribution >= 4 is 12.0 Å². The number of hydrazone groups is 1. The van der Waals surface area contributed by atoms with Crippen LogP contribution in [0.5, 0.6) is 11.5 Å². The van der Waals surface area contributed by atoms with Crippen LogP contribution in [0.25, 0.3) is 0 Å². The second-order valence-corrected chi connectivity index (χ2v) is 4.05. The lowest BCUT2D eigenvalue weighted by Crippen LogP contribution is -2.05. The summed E-state index contributed by atoms with van der Waals surface area (Å²) in [6.45, 7) is 0. The molecular weight excluding hydrogens is 287 g/mol. The van der Waals surface area contributed by atoms with Crippen molar-refractivity contribution < 1.29 is 23.4 Å². The molecule has 0 bridgehead atoms. The van der Waals surface area contributed by atoms with Crippen LogP contribution in [0.1, 0.15) is 11.1 Å². The summed E-state index contributed by atoms with van der Waals surface area (Å²) in [5.41, 5.74) is 2.10. The predicted molar refractivity (Wildman–Crippen MR) is 70.2 cm³/mol. The Balaban J connectivity index is 2.02. The zero-order chi connectivity index (χ0) is 15.5. The van der Waals surface area contributed by atoms with Crippen molar-refractivity contribution in [1.82, 2.24) is 4.98 Å². The van der Waals surface area contributed by atoms with Gasteiger partial charge in [-0.05, 0) is 35.9 Å². The molecule has 0 aliphatic carbocycles. The Morgan fingerprint density at radius 2 is 1.86 bits per heavy atom. The highest BCUT2D eigenvalue weighted by Crippen LogP contribution is 2.28. The van der Waals surface area contributed by atoms with Crippen molar-refractivity contribution in [2.24, 2.45) is 5.10 Å². The van der Waals surface area contributed by atoms with Crippen molar-refractivity contribution in [3.63, 3.8) is 0 Å². The Bertz CT molecular complexity index is 655. The molecule has 0 spiro atoms. The van der Waals surface area contributed by atoms with Gasteiger partial charge in [0.2, 0.25) is 0 Å². The van der Waals surface area contributed by atoms with Gasteiger partial charge >= 0.3 is 6.18 Å². The molecule has 21 heavy (non-hydrogen) atoms. The summed E-state index contributed by atoms with van der Waals surface area (Å²) in [7, 11) is 0. The highest BCUT2D eigenvalue weighted by atomic mass is 19.4. The standard InChI is InChI=1S/C13H10F3N3O2/c14-13(15,16)9-2-4-12(17-7-9)19-18-6-8-1-3-10(20)11(21)5-8/h1-7,20-21H,(H,17,19)/b18-6+. The number of hydrogen-bond donors (Lipinski definition) is 3. The van der Waals surface area contributed by atoms with E-state index in [2.05, 4.69) is 15.5 Å². The van der Waals surface area contributed by atoms with E-state index in [1.807, 2.05) is 0 Å². The first-order valence-electron chi connectivity index (χ1n) is 5.70. The van der Waals surface area contributed by atoms with Gasteiger partial charge < -0.3 is 10.2 Å². The van der Waals surface area contributed by atoms with Crippen molar-refractivity contribution in [3.05, 3.63) is 47.7 Å². The molecule has 0 aliphatic heterocycles. The minimum absolute atomic E-state index is 0.141. The fourth-order valence-electron chi connectivity index (χ4n) is 1.42. The van der Waals surface area contributed by atoms with Gasteiger partial charge in [0.25, 0.3) is 0 Å². The molecule has 0 saturated heterocycles. The topological polar surface area (TPSA) is 77.7 Å². The molecule has 0 aliphatic rings. The van der Waals surface area contributed by atoms with Gasteiger partial charge in [-0.2, -0.15) is 18.3 Å². The molecule has 110 valence electrons. The molecule has 5 nitrogen and oxygen atoms in total. The van der Waals surface area contributed by atoms with E-state index in [0.29, 0.717) is 11.8 Å². The van der Waals surface area contributed by atoms with Gasteiger partial charge in [0.05, 0.1) is 11.8 Å². The summed E-state index contributed by atoms with van der Waals surface area (Å²) in [5.74, 6) is -0.418. The van der Waals surface area contributed by atoms with Crippen LogP contribution in [0.3, 0.4) is 0 Å². The zero-order valence-electron chi connectivity index (χ0n) is 10.5. The van der Waals surface area contributed by atoms with Gasteiger partial charge in [0, 0.05) is 6.20 Å². The molecule has 0 radical (unpaired) electrons. The van der Waals surface area contributed by atoms with E-state index in [4.69, 9.17) is 5.11 Å². The Labute approximate surface area is 117 Å². The van der Waals surface area contributed by atoms with E-state index >= 15 is 0 Å². The average molecular weight is 297 g/mol. The quantitative estimate of drug-likeness (QED) is 0.462. The third-order valence-corrected chi connectivity index (χ3v) is 2.48. The molecule has 0 amide bonds. The highest BCUT2D eigenvalue weighted by molar-refractivity contribution is 5.81. The van der Waals surface area contributed by atoms with Crippen LogP contribution in [0, 0.1) is 0 Å². The Morgan fingerprint density at radius 3 is 2.43 bits per heavy atom. The normalized spacial score (nSPS) is 11.8. The SMILES string of the molecule is Oc1ccc(/C=N/Nc2ccc(C(F)(F)F)cn2)cc1O. The first-order chi connectivity index (χ1) is 9.86. The molecule has 1 aromatic carbocycles. The van der Waals surface area contributed by atoms with Gasteiger partial charge in [-0.25, -0.2) is 4.98 Å². The number of hydrogen-bond acceptors (Lipinski definition) is 5. The van der Waals surface area contributed by atoms with Gasteiger partial charge in [0.15, 0.2) is 11.5 Å². The number of benzene rings is 1. The maximum atomic E-state index is 12.3. The minimum Gasteiger partial charge on any atom is -0.504 e. The summed E-state index contributed by atoms with van der Waals surface area (Å²) in [6.07, 6.45) is -2.42. The molecule has 0 fully saturated rings. The van der Waals surface area contributed by atoms with E-state index in [0.717, 1.165) is 12.1 Å². The maximum absolute atomic E-state index is 12.3. The molecule has 2 aromatic rings. The number of anilines is 1. The first-order valence-corrected chi connectivity index (χ1v) is 5.70. The van der Waals surface area contributed by atoms with Crippen LogP contribution in [-0.2, 0) is 6.18 Å². The number of aromatic hydroxyl groups is 2. The molecule has 3 N–H and O–H groups in total. The van der Waals surface area contributed by atoms with Crippen LogP contribution in [0.4, 0.5) is 19.0 Å². The molecule has 2 rings (SSSR count). The molecule has 8 heteroatoms. The van der Waals surface area contributed by atoms with Gasteiger partial charge in [-0.15, -0.1) is 0 Å². The number of phenolic OH excluding ortho intramolecular Hbond substituents is 2. The monoisotopic (exact) mass is 297 g/mol. The van der Waals surface area contributed by atoms with Crippen molar-refractivity contribution in [1.29, 1.82) is 0 Å². The Hall–Kier alpha value is -2.77. The predicted octanol–water partition coefficient (Wildman–Crippen LogP) is 2.96. The lowest BCUT2D eigenvalue weighted by atomic mass is 10.2. The van der Waals surface area contributed by atoms with Crippen LogP contribution in [0.15, 0.2) is 41.6 Å². The van der Waals surface area contributed by atoms with E-state index < -0.39 is 11.7 Å². The van der Waals surface area contributed by atoms with Crippen LogP contribution < -0.4 is 5.43 Å². The van der Waals surface area contributed by atoms with Crippen molar-refractivity contribution in [2.75, 3.05) is 5.43 Å². The number of alkyl halides is 3. The average Bonchev–Trinajstić information content (AvgIpc) is 2.42. The van der Waals surface area contributed by atoms with E-state index in [1.54, 1.807) is 0 Å². The molecule has 1 aromatic heterocycles. The van der Waals surface area contributed by atoms with Crippen molar-refractivity contribution in [3.8, 4) is 11.5 Å². The fraction of sp³-hybridized carbons (Fsp3) is 0.0769. The molecule has 0 atom stereocenters. The molecular formula is C13H10F3N3O2. The number of nitrogens with one attached hydrogen (secondary N) is 1. The summed E-state index contributed by atoms with van der Waals surface area (Å²) in [6, 6.07) is 6.10. The first kappa shape index (κ1) is 14.6. The molecule has 0 saturated carbocycles. The number of aromatic nitrogens is 1. The van der Waals surface area contributed by atoms with Gasteiger partial charge in [0.1, 0.15) is 5.82 Å². The zero-order valence-corrected chi connectivity index (χ0v) is 10.5. The largest absolute Gasteiger partial charge is 0.504 e. The van der Waals surface area contributed by atoms with Crippen LogP contribution in [0.2, 0.25) is 0 Å². The summed E-state index contributed by atoms with van der Waals surface area (Å²) in [5, 5.41) is 22.2. The number of phenols is 2. The number of halogens is 3. The highest BCUT2D eigenvalue weighted by Gasteiger charge is 2.30. The Kier molecular flexibility index (Phi) is 3.97. The number of nitrogens with zero attached hydrogens (tertiary/aromatic N) is 2. The Morgan fingerprint density at radius 1 is 1.10 bits per heavy atom. The third-order valence-electron chi connectivity index (χ3n) is 2.48. The fourth-order valence-corrected chi connectivity index (χ4v) is 1.42.